The van der Waals surface area contributed by atoms with Gasteiger partial charge in [-0.05, 0) is 60.2 Å². The summed E-state index contributed by atoms with van der Waals surface area (Å²) in [7, 11) is 1.62. The van der Waals surface area contributed by atoms with Crippen LogP contribution in [0.15, 0.2) is 88.2 Å². The smallest absolute Gasteiger partial charge is 0.271 e. The summed E-state index contributed by atoms with van der Waals surface area (Å²) in [4.78, 5) is 19.7. The van der Waals surface area contributed by atoms with Crippen molar-refractivity contribution in [3.63, 3.8) is 0 Å². The summed E-state index contributed by atoms with van der Waals surface area (Å²) in [5.41, 5.74) is 6.68. The van der Waals surface area contributed by atoms with E-state index in [4.69, 9.17) is 14.5 Å². The maximum atomic E-state index is 13.9. The molecule has 0 amide bonds. The topological polar surface area (TPSA) is 52.8 Å². The van der Waals surface area contributed by atoms with E-state index in [1.165, 1.54) is 28.0 Å². The molecular weight excluding hydrogens is 468 g/mol. The first-order valence-corrected chi connectivity index (χ1v) is 13.0. The van der Waals surface area contributed by atoms with E-state index in [-0.39, 0.29) is 11.6 Å². The van der Waals surface area contributed by atoms with Gasteiger partial charge in [-0.2, -0.15) is 0 Å². The second-order valence-corrected chi connectivity index (χ2v) is 9.88. The molecule has 0 saturated carbocycles. The Bertz CT molecular complexity index is 1660. The van der Waals surface area contributed by atoms with Gasteiger partial charge in [0.15, 0.2) is 16.3 Å². The summed E-state index contributed by atoms with van der Waals surface area (Å²) in [6.07, 6.45) is 3.75. The van der Waals surface area contributed by atoms with Crippen LogP contribution in [0.4, 0.5) is 0 Å². The fraction of sp³-hybridized carbons (Fsp3) is 0.200. The van der Waals surface area contributed by atoms with Gasteiger partial charge in [0.2, 0.25) is 0 Å². The highest BCUT2D eigenvalue weighted by molar-refractivity contribution is 7.07. The number of thiazole rings is 1. The molecule has 6 rings (SSSR count). The second kappa shape index (κ2) is 9.28. The molecule has 1 aliphatic heterocycles. The standard InChI is InChI=1S/C30H26N2O3S/c1-3-35-25-17-19(13-16-24(25)34-2)18-26-29(33)32-28(21-10-5-4-6-11-21)23-15-14-20-9-7-8-12-22(20)27(23)31-30(32)36-26/h4-13,16-18,28H,3,14-15H2,1-2H3/b26-18+/t28-/m1/s1. The zero-order valence-electron chi connectivity index (χ0n) is 20.2. The summed E-state index contributed by atoms with van der Waals surface area (Å²) < 4.78 is 13.7. The number of benzene rings is 3. The number of rotatable bonds is 5. The summed E-state index contributed by atoms with van der Waals surface area (Å²) >= 11 is 1.44. The minimum absolute atomic E-state index is 0.0215. The zero-order valence-corrected chi connectivity index (χ0v) is 21.0. The Kier molecular flexibility index (Phi) is 5.82. The highest BCUT2D eigenvalue weighted by Crippen LogP contribution is 2.41. The van der Waals surface area contributed by atoms with Crippen LogP contribution in [0.1, 0.15) is 41.6 Å². The molecule has 3 aromatic carbocycles. The second-order valence-electron chi connectivity index (χ2n) is 8.87. The van der Waals surface area contributed by atoms with Crippen LogP contribution < -0.4 is 24.4 Å². The van der Waals surface area contributed by atoms with Crippen molar-refractivity contribution in [2.45, 2.75) is 25.8 Å². The number of aryl methyl sites for hydroxylation is 1. The van der Waals surface area contributed by atoms with Crippen LogP contribution in [0.2, 0.25) is 0 Å². The zero-order chi connectivity index (χ0) is 24.6. The molecule has 4 aromatic rings. The third-order valence-electron chi connectivity index (χ3n) is 6.77. The van der Waals surface area contributed by atoms with E-state index >= 15 is 0 Å². The molecule has 0 spiro atoms. The first-order valence-electron chi connectivity index (χ1n) is 12.2. The van der Waals surface area contributed by atoms with Gasteiger partial charge >= 0.3 is 0 Å². The first kappa shape index (κ1) is 22.6. The summed E-state index contributed by atoms with van der Waals surface area (Å²) in [6.45, 7) is 2.47. The van der Waals surface area contributed by atoms with Gasteiger partial charge in [-0.3, -0.25) is 9.36 Å². The molecule has 1 aliphatic carbocycles. The Morgan fingerprint density at radius 1 is 1.03 bits per heavy atom. The quantitative estimate of drug-likeness (QED) is 0.403. The van der Waals surface area contributed by atoms with E-state index in [1.54, 1.807) is 7.11 Å². The van der Waals surface area contributed by atoms with Crippen molar-refractivity contribution in [3.05, 3.63) is 120 Å². The molecule has 0 radical (unpaired) electrons. The Morgan fingerprint density at radius 3 is 2.64 bits per heavy atom. The lowest BCUT2D eigenvalue weighted by Crippen LogP contribution is -2.38. The van der Waals surface area contributed by atoms with Crippen molar-refractivity contribution in [2.24, 2.45) is 4.99 Å². The average molecular weight is 495 g/mol. The minimum Gasteiger partial charge on any atom is -0.493 e. The summed E-state index contributed by atoms with van der Waals surface area (Å²) in [5.74, 6) is 1.33. The van der Waals surface area contributed by atoms with Crippen LogP contribution in [-0.2, 0) is 6.42 Å². The summed E-state index contributed by atoms with van der Waals surface area (Å²) in [6, 6.07) is 24.3. The molecule has 0 saturated heterocycles. The lowest BCUT2D eigenvalue weighted by Gasteiger charge is -2.30. The van der Waals surface area contributed by atoms with Gasteiger partial charge in [0.25, 0.3) is 5.56 Å². The molecule has 180 valence electrons. The molecule has 0 fully saturated rings. The van der Waals surface area contributed by atoms with Gasteiger partial charge in [-0.25, -0.2) is 4.99 Å². The number of fused-ring (bicyclic) bond motifs is 3. The Morgan fingerprint density at radius 2 is 1.83 bits per heavy atom. The number of allylic oxidation sites excluding steroid dienone is 1. The highest BCUT2D eigenvalue weighted by atomic mass is 32.1. The van der Waals surface area contributed by atoms with Crippen LogP contribution >= 0.6 is 11.3 Å². The fourth-order valence-electron chi connectivity index (χ4n) is 5.16. The van der Waals surface area contributed by atoms with E-state index in [9.17, 15) is 4.79 Å². The number of aromatic nitrogens is 1. The minimum atomic E-state index is -0.164. The molecular formula is C30H26N2O3S. The number of methoxy groups -OCH3 is 1. The van der Waals surface area contributed by atoms with Gasteiger partial charge in [0.05, 0.1) is 30.0 Å². The van der Waals surface area contributed by atoms with E-state index < -0.39 is 0 Å². The van der Waals surface area contributed by atoms with Gasteiger partial charge in [-0.15, -0.1) is 0 Å². The number of ether oxygens (including phenoxy) is 2. The van der Waals surface area contributed by atoms with Crippen LogP contribution in [-0.4, -0.2) is 18.3 Å². The molecule has 0 bridgehead atoms. The molecule has 6 heteroatoms. The Hall–Kier alpha value is -3.90. The average Bonchev–Trinajstić information content (AvgIpc) is 3.22. The van der Waals surface area contributed by atoms with Crippen molar-refractivity contribution in [2.75, 3.05) is 13.7 Å². The molecule has 2 heterocycles. The largest absolute Gasteiger partial charge is 0.493 e. The van der Waals surface area contributed by atoms with Gasteiger partial charge < -0.3 is 9.47 Å². The van der Waals surface area contributed by atoms with E-state index in [2.05, 4.69) is 36.4 Å². The third-order valence-corrected chi connectivity index (χ3v) is 7.76. The predicted octanol–water partition coefficient (Wildman–Crippen LogP) is 4.73. The maximum absolute atomic E-state index is 13.9. The number of hydrogen-bond donors (Lipinski definition) is 0. The lowest BCUT2D eigenvalue weighted by atomic mass is 9.83. The van der Waals surface area contributed by atoms with Crippen LogP contribution in [0.3, 0.4) is 0 Å². The van der Waals surface area contributed by atoms with Crippen molar-refractivity contribution in [1.29, 1.82) is 0 Å². The maximum Gasteiger partial charge on any atom is 0.271 e. The molecule has 5 nitrogen and oxygen atoms in total. The number of hydrogen-bond acceptors (Lipinski definition) is 5. The fourth-order valence-corrected chi connectivity index (χ4v) is 6.16. The van der Waals surface area contributed by atoms with Crippen LogP contribution in [0.5, 0.6) is 11.5 Å². The number of nitrogens with zero attached hydrogens (tertiary/aromatic N) is 2. The van der Waals surface area contributed by atoms with Crippen LogP contribution in [0, 0.1) is 0 Å². The summed E-state index contributed by atoms with van der Waals surface area (Å²) in [5, 5.41) is 0. The van der Waals surface area contributed by atoms with Gasteiger partial charge in [0.1, 0.15) is 0 Å². The van der Waals surface area contributed by atoms with Crippen molar-refractivity contribution in [1.82, 2.24) is 4.57 Å². The van der Waals surface area contributed by atoms with Crippen molar-refractivity contribution < 1.29 is 9.47 Å². The van der Waals surface area contributed by atoms with Crippen molar-refractivity contribution >= 4 is 23.1 Å². The highest BCUT2D eigenvalue weighted by Gasteiger charge is 2.32. The van der Waals surface area contributed by atoms with E-state index in [0.717, 1.165) is 34.5 Å². The monoisotopic (exact) mass is 494 g/mol. The lowest BCUT2D eigenvalue weighted by molar-refractivity contribution is 0.311. The SMILES string of the molecule is CCOc1cc(/C=c2/sc3n(c2=O)[C@H](c2ccccc2)C2=C(N=3)c3ccccc3CC2)ccc1OC. The third kappa shape index (κ3) is 3.78. The molecule has 1 atom stereocenters. The van der Waals surface area contributed by atoms with Gasteiger partial charge in [0, 0.05) is 5.56 Å². The Balaban J connectivity index is 1.56. The van der Waals surface area contributed by atoms with Crippen molar-refractivity contribution in [3.8, 4) is 11.5 Å². The molecule has 0 unspecified atom stereocenters. The molecule has 0 N–H and O–H groups in total. The van der Waals surface area contributed by atoms with E-state index in [1.807, 2.05) is 54.0 Å². The molecule has 2 aliphatic rings. The van der Waals surface area contributed by atoms with E-state index in [0.29, 0.717) is 22.6 Å². The molecule has 1 aromatic heterocycles. The van der Waals surface area contributed by atoms with Crippen LogP contribution in [0.25, 0.3) is 11.8 Å². The molecule has 36 heavy (non-hydrogen) atoms. The van der Waals surface area contributed by atoms with Gasteiger partial charge in [-0.1, -0.05) is 72.0 Å². The predicted molar refractivity (Wildman–Crippen MR) is 143 cm³/mol. The normalized spacial score (nSPS) is 16.6. The Labute approximate surface area is 213 Å². The first-order chi connectivity index (χ1) is 17.7.